The molecule has 0 unspecified atom stereocenters. The summed E-state index contributed by atoms with van der Waals surface area (Å²) >= 11 is 0. The van der Waals surface area contributed by atoms with Crippen LogP contribution in [0.25, 0.3) is 0 Å². The van der Waals surface area contributed by atoms with Crippen molar-refractivity contribution in [3.05, 3.63) is 70.8 Å². The number of halogens is 3. The zero-order valence-electron chi connectivity index (χ0n) is 15.8. The van der Waals surface area contributed by atoms with E-state index in [0.717, 1.165) is 17.7 Å². The first kappa shape index (κ1) is 21.5. The molecule has 150 valence electrons. The maximum atomic E-state index is 12.8. The van der Waals surface area contributed by atoms with Crippen molar-refractivity contribution in [1.82, 2.24) is 5.32 Å². The fraction of sp³-hybridized carbons (Fsp3) is 0.333. The van der Waals surface area contributed by atoms with E-state index < -0.39 is 29.7 Å². The van der Waals surface area contributed by atoms with Gasteiger partial charge in [0.1, 0.15) is 6.04 Å². The number of carbonyl (C=O) groups excluding carboxylic acids is 1. The third-order valence-electron chi connectivity index (χ3n) is 4.31. The van der Waals surface area contributed by atoms with Crippen LogP contribution < -0.4 is 5.32 Å². The van der Waals surface area contributed by atoms with E-state index in [4.69, 9.17) is 0 Å². The number of amides is 1. The Morgan fingerprint density at radius 3 is 2.11 bits per heavy atom. The number of carbonyl (C=O) groups is 2. The van der Waals surface area contributed by atoms with Gasteiger partial charge in [0.2, 0.25) is 0 Å². The van der Waals surface area contributed by atoms with Gasteiger partial charge in [0.05, 0.1) is 5.56 Å². The van der Waals surface area contributed by atoms with E-state index in [1.54, 1.807) is 24.3 Å². The summed E-state index contributed by atoms with van der Waals surface area (Å²) in [7, 11) is 0. The van der Waals surface area contributed by atoms with Crippen molar-refractivity contribution in [2.24, 2.45) is 0 Å². The number of carboxylic acids is 1. The van der Waals surface area contributed by atoms with E-state index in [1.807, 2.05) is 20.8 Å². The van der Waals surface area contributed by atoms with E-state index in [-0.39, 0.29) is 23.0 Å². The third kappa shape index (κ3) is 5.58. The minimum atomic E-state index is -4.52. The molecule has 0 radical (unpaired) electrons. The number of aliphatic carboxylic acids is 1. The first-order chi connectivity index (χ1) is 12.9. The Morgan fingerprint density at radius 1 is 1.00 bits per heavy atom. The average Bonchev–Trinajstić information content (AvgIpc) is 2.60. The first-order valence-corrected chi connectivity index (χ1v) is 8.68. The predicted octanol–water partition coefficient (Wildman–Crippen LogP) is 4.43. The smallest absolute Gasteiger partial charge is 0.416 e. The standard InChI is InChI=1S/C21H22F3NO3/c1-20(2,3)15-9-7-14(8-10-15)18(26)25-17(19(27)28)12-13-5-4-6-16(11-13)21(22,23)24/h4-11,17H,12H2,1-3H3,(H,25,26)(H,27,28)/t17-/m0/s1. The maximum Gasteiger partial charge on any atom is 0.416 e. The molecule has 2 aromatic carbocycles. The minimum absolute atomic E-state index is 0.0951. The lowest BCUT2D eigenvalue weighted by atomic mass is 9.86. The third-order valence-corrected chi connectivity index (χ3v) is 4.31. The van der Waals surface area contributed by atoms with Gasteiger partial charge in [-0.25, -0.2) is 4.79 Å². The van der Waals surface area contributed by atoms with Crippen molar-refractivity contribution in [3.8, 4) is 0 Å². The lowest BCUT2D eigenvalue weighted by molar-refractivity contribution is -0.139. The van der Waals surface area contributed by atoms with Crippen LogP contribution in [0.3, 0.4) is 0 Å². The number of hydrogen-bond donors (Lipinski definition) is 2. The number of nitrogens with one attached hydrogen (secondary N) is 1. The highest BCUT2D eigenvalue weighted by Gasteiger charge is 2.31. The van der Waals surface area contributed by atoms with Crippen molar-refractivity contribution in [2.45, 2.75) is 44.8 Å². The zero-order chi connectivity index (χ0) is 21.1. The van der Waals surface area contributed by atoms with E-state index in [1.165, 1.54) is 12.1 Å². The summed E-state index contributed by atoms with van der Waals surface area (Å²) in [5, 5.41) is 11.8. The van der Waals surface area contributed by atoms with Gasteiger partial charge in [0.25, 0.3) is 5.91 Å². The van der Waals surface area contributed by atoms with Gasteiger partial charge in [-0.3, -0.25) is 4.79 Å². The highest BCUT2D eigenvalue weighted by molar-refractivity contribution is 5.96. The summed E-state index contributed by atoms with van der Waals surface area (Å²) in [5.74, 6) is -1.92. The highest BCUT2D eigenvalue weighted by atomic mass is 19.4. The van der Waals surface area contributed by atoms with Crippen molar-refractivity contribution >= 4 is 11.9 Å². The summed E-state index contributed by atoms with van der Waals surface area (Å²) in [4.78, 5) is 23.9. The van der Waals surface area contributed by atoms with Crippen LogP contribution >= 0.6 is 0 Å². The molecule has 28 heavy (non-hydrogen) atoms. The highest BCUT2D eigenvalue weighted by Crippen LogP contribution is 2.29. The Labute approximate surface area is 161 Å². The first-order valence-electron chi connectivity index (χ1n) is 8.68. The van der Waals surface area contributed by atoms with Gasteiger partial charge in [0, 0.05) is 12.0 Å². The molecular weight excluding hydrogens is 371 g/mol. The quantitative estimate of drug-likeness (QED) is 0.790. The van der Waals surface area contributed by atoms with Crippen molar-refractivity contribution in [2.75, 3.05) is 0 Å². The molecule has 2 N–H and O–H groups in total. The molecule has 0 aromatic heterocycles. The molecule has 2 aromatic rings. The molecule has 0 bridgehead atoms. The molecule has 0 aliphatic carbocycles. The number of alkyl halides is 3. The second-order valence-corrected chi connectivity index (χ2v) is 7.59. The fourth-order valence-electron chi connectivity index (χ4n) is 2.67. The number of carboxylic acid groups (broad SMARTS) is 1. The molecule has 0 saturated carbocycles. The summed E-state index contributed by atoms with van der Waals surface area (Å²) < 4.78 is 38.5. The molecule has 7 heteroatoms. The lowest BCUT2D eigenvalue weighted by Crippen LogP contribution is -2.42. The molecule has 0 heterocycles. The average molecular weight is 393 g/mol. The second kappa shape index (κ2) is 8.04. The Balaban J connectivity index is 2.15. The van der Waals surface area contributed by atoms with Crippen LogP contribution in [0, 0.1) is 0 Å². The van der Waals surface area contributed by atoms with Gasteiger partial charge < -0.3 is 10.4 Å². The molecule has 0 spiro atoms. The van der Waals surface area contributed by atoms with Gasteiger partial charge >= 0.3 is 12.1 Å². The van der Waals surface area contributed by atoms with Gasteiger partial charge in [-0.05, 0) is 34.7 Å². The molecule has 0 saturated heterocycles. The molecule has 2 rings (SSSR count). The van der Waals surface area contributed by atoms with Crippen molar-refractivity contribution in [1.29, 1.82) is 0 Å². The van der Waals surface area contributed by atoms with E-state index >= 15 is 0 Å². The van der Waals surface area contributed by atoms with E-state index in [0.29, 0.717) is 0 Å². The SMILES string of the molecule is CC(C)(C)c1ccc(C(=O)N[C@@H](Cc2cccc(C(F)(F)F)c2)C(=O)O)cc1. The van der Waals surface area contributed by atoms with Crippen LogP contribution in [0.1, 0.15) is 47.8 Å². The van der Waals surface area contributed by atoms with Gasteiger partial charge in [0.15, 0.2) is 0 Å². The molecule has 0 aliphatic heterocycles. The Kier molecular flexibility index (Phi) is 6.17. The molecule has 1 atom stereocenters. The maximum absolute atomic E-state index is 12.8. The van der Waals surface area contributed by atoms with Gasteiger partial charge in [-0.15, -0.1) is 0 Å². The topological polar surface area (TPSA) is 66.4 Å². The number of benzene rings is 2. The van der Waals surface area contributed by atoms with Crippen LogP contribution in [-0.4, -0.2) is 23.0 Å². The zero-order valence-corrected chi connectivity index (χ0v) is 15.8. The largest absolute Gasteiger partial charge is 0.480 e. The molecule has 0 fully saturated rings. The molecular formula is C21H22F3NO3. The van der Waals surface area contributed by atoms with Crippen LogP contribution in [0.2, 0.25) is 0 Å². The molecule has 1 amide bonds. The Morgan fingerprint density at radius 2 is 1.61 bits per heavy atom. The van der Waals surface area contributed by atoms with Crippen molar-refractivity contribution < 1.29 is 27.9 Å². The van der Waals surface area contributed by atoms with Crippen LogP contribution in [0.15, 0.2) is 48.5 Å². The normalized spacial score (nSPS) is 13.1. The fourth-order valence-corrected chi connectivity index (χ4v) is 2.67. The van der Waals surface area contributed by atoms with E-state index in [2.05, 4.69) is 5.32 Å². The number of hydrogen-bond acceptors (Lipinski definition) is 2. The van der Waals surface area contributed by atoms with Gasteiger partial charge in [-0.1, -0.05) is 51.1 Å². The Hall–Kier alpha value is -2.83. The second-order valence-electron chi connectivity index (χ2n) is 7.59. The summed E-state index contributed by atoms with van der Waals surface area (Å²) in [6, 6.07) is 9.83. The minimum Gasteiger partial charge on any atom is -0.480 e. The predicted molar refractivity (Wildman–Crippen MR) is 99.2 cm³/mol. The lowest BCUT2D eigenvalue weighted by Gasteiger charge is -2.19. The van der Waals surface area contributed by atoms with Crippen LogP contribution in [-0.2, 0) is 22.8 Å². The van der Waals surface area contributed by atoms with Gasteiger partial charge in [-0.2, -0.15) is 13.2 Å². The summed E-state index contributed by atoms with van der Waals surface area (Å²) in [5.41, 5.74) is 0.511. The van der Waals surface area contributed by atoms with Crippen molar-refractivity contribution in [3.63, 3.8) is 0 Å². The number of rotatable bonds is 5. The Bertz CT molecular complexity index is 852. The summed E-state index contributed by atoms with van der Waals surface area (Å²) in [6.45, 7) is 6.08. The summed E-state index contributed by atoms with van der Waals surface area (Å²) in [6.07, 6.45) is -4.78. The molecule has 4 nitrogen and oxygen atoms in total. The van der Waals surface area contributed by atoms with Crippen LogP contribution in [0.5, 0.6) is 0 Å². The van der Waals surface area contributed by atoms with E-state index in [9.17, 15) is 27.9 Å². The molecule has 0 aliphatic rings. The van der Waals surface area contributed by atoms with Crippen LogP contribution in [0.4, 0.5) is 13.2 Å². The monoisotopic (exact) mass is 393 g/mol.